The molecule has 45 heavy (non-hydrogen) atoms. The number of rotatable bonds is 5. The standard InChI is InChI=1S/C44H29P/c1-4-15-30(16-5-1)32-19-12-20-33(29-32)41-36-25-10-11-26-37(36)44(45(34-21-6-2-7-22-34)35-23-8-3-9-24-35)43-39-28-14-18-31-17-13-27-38(40(31)39)42(41)43/h1-29H. The van der Waals surface area contributed by atoms with Gasteiger partial charge in [0.25, 0.3) is 0 Å². The number of fused-ring (bicyclic) bond motifs is 4. The van der Waals surface area contributed by atoms with Gasteiger partial charge in [-0.2, -0.15) is 0 Å². The minimum Gasteiger partial charge on any atom is -0.0622 e. The first-order valence-corrected chi connectivity index (χ1v) is 16.9. The van der Waals surface area contributed by atoms with Gasteiger partial charge >= 0.3 is 0 Å². The van der Waals surface area contributed by atoms with E-state index < -0.39 is 7.92 Å². The molecule has 8 aromatic rings. The van der Waals surface area contributed by atoms with Crippen LogP contribution in [0.5, 0.6) is 0 Å². The third-order valence-corrected chi connectivity index (χ3v) is 11.7. The largest absolute Gasteiger partial charge is 0.0622 e. The lowest BCUT2D eigenvalue weighted by Crippen LogP contribution is -2.23. The molecule has 0 amide bonds. The van der Waals surface area contributed by atoms with Gasteiger partial charge in [0.15, 0.2) is 0 Å². The molecule has 0 nitrogen and oxygen atoms in total. The van der Waals surface area contributed by atoms with Crippen LogP contribution in [0.1, 0.15) is 0 Å². The molecule has 0 atom stereocenters. The van der Waals surface area contributed by atoms with Crippen LogP contribution in [0.15, 0.2) is 176 Å². The first-order chi connectivity index (χ1) is 22.4. The molecule has 9 rings (SSSR count). The zero-order chi connectivity index (χ0) is 29.7. The first-order valence-electron chi connectivity index (χ1n) is 15.5. The molecule has 0 N–H and O–H groups in total. The Morgan fingerprint density at radius 1 is 0.333 bits per heavy atom. The molecule has 0 aliphatic heterocycles. The lowest BCUT2D eigenvalue weighted by atomic mass is 9.87. The highest BCUT2D eigenvalue weighted by Crippen LogP contribution is 2.56. The molecular formula is C44H29P. The fourth-order valence-electron chi connectivity index (χ4n) is 7.29. The van der Waals surface area contributed by atoms with E-state index in [1.54, 1.807) is 0 Å². The Hall–Kier alpha value is -5.29. The van der Waals surface area contributed by atoms with Crippen molar-refractivity contribution in [1.82, 2.24) is 0 Å². The van der Waals surface area contributed by atoms with Gasteiger partial charge in [0.1, 0.15) is 0 Å². The fourth-order valence-corrected chi connectivity index (χ4v) is 9.93. The zero-order valence-electron chi connectivity index (χ0n) is 24.7. The van der Waals surface area contributed by atoms with Gasteiger partial charge in [-0.1, -0.05) is 170 Å². The Morgan fingerprint density at radius 2 is 0.844 bits per heavy atom. The normalized spacial score (nSPS) is 11.8. The van der Waals surface area contributed by atoms with Crippen LogP contribution >= 0.6 is 7.92 Å². The third-order valence-electron chi connectivity index (χ3n) is 9.14. The maximum Gasteiger partial charge on any atom is 0.00129 e. The summed E-state index contributed by atoms with van der Waals surface area (Å²) in [5.41, 5.74) is 10.5. The summed E-state index contributed by atoms with van der Waals surface area (Å²) < 4.78 is 0. The Bertz CT molecular complexity index is 2310. The quantitative estimate of drug-likeness (QED) is 0.176. The maximum absolute atomic E-state index is 2.39. The molecule has 1 heteroatoms. The Balaban J connectivity index is 1.46. The molecule has 1 aliphatic carbocycles. The summed E-state index contributed by atoms with van der Waals surface area (Å²) in [4.78, 5) is 0. The van der Waals surface area contributed by atoms with Gasteiger partial charge in [0.2, 0.25) is 0 Å². The van der Waals surface area contributed by atoms with Crippen molar-refractivity contribution < 1.29 is 0 Å². The molecule has 0 unspecified atom stereocenters. The van der Waals surface area contributed by atoms with Crippen LogP contribution in [0.3, 0.4) is 0 Å². The van der Waals surface area contributed by atoms with Gasteiger partial charge in [-0.25, -0.2) is 0 Å². The van der Waals surface area contributed by atoms with Crippen LogP contribution < -0.4 is 15.9 Å². The molecule has 0 saturated heterocycles. The molecule has 1 aliphatic rings. The molecule has 0 spiro atoms. The number of hydrogen-bond donors (Lipinski definition) is 0. The van der Waals surface area contributed by atoms with Crippen molar-refractivity contribution in [3.05, 3.63) is 176 Å². The fraction of sp³-hybridized carbons (Fsp3) is 0. The average Bonchev–Trinajstić information content (AvgIpc) is 3.45. The van der Waals surface area contributed by atoms with E-state index >= 15 is 0 Å². The summed E-state index contributed by atoms with van der Waals surface area (Å²) in [6.45, 7) is 0. The van der Waals surface area contributed by atoms with Crippen LogP contribution in [0, 0.1) is 0 Å². The molecule has 210 valence electrons. The van der Waals surface area contributed by atoms with Gasteiger partial charge < -0.3 is 0 Å². The molecular weight excluding hydrogens is 559 g/mol. The van der Waals surface area contributed by atoms with Crippen molar-refractivity contribution in [2.45, 2.75) is 0 Å². The Kier molecular flexibility index (Phi) is 6.22. The summed E-state index contributed by atoms with van der Waals surface area (Å²) in [7, 11) is -0.858. The molecule has 0 bridgehead atoms. The van der Waals surface area contributed by atoms with Crippen LogP contribution in [0.2, 0.25) is 0 Å². The highest BCUT2D eigenvalue weighted by atomic mass is 31.1. The third kappa shape index (κ3) is 4.18. The van der Waals surface area contributed by atoms with Crippen LogP contribution in [0.4, 0.5) is 0 Å². The Labute approximate surface area is 265 Å². The average molecular weight is 589 g/mol. The Morgan fingerprint density at radius 3 is 1.51 bits per heavy atom. The van der Waals surface area contributed by atoms with E-state index in [2.05, 4.69) is 176 Å². The zero-order valence-corrected chi connectivity index (χ0v) is 25.6. The van der Waals surface area contributed by atoms with Crippen molar-refractivity contribution in [2.24, 2.45) is 0 Å². The maximum atomic E-state index is 2.39. The van der Waals surface area contributed by atoms with Crippen molar-refractivity contribution in [2.75, 3.05) is 0 Å². The second-order valence-corrected chi connectivity index (χ2v) is 13.8. The monoisotopic (exact) mass is 588 g/mol. The van der Waals surface area contributed by atoms with Crippen LogP contribution in [0.25, 0.3) is 66.1 Å². The van der Waals surface area contributed by atoms with Gasteiger partial charge in [-0.3, -0.25) is 0 Å². The van der Waals surface area contributed by atoms with E-state index in [9.17, 15) is 0 Å². The lowest BCUT2D eigenvalue weighted by molar-refractivity contribution is 1.60. The predicted octanol–water partition coefficient (Wildman–Crippen LogP) is 10.7. The minimum absolute atomic E-state index is 0.858. The topological polar surface area (TPSA) is 0 Å². The summed E-state index contributed by atoms with van der Waals surface area (Å²) in [6.07, 6.45) is 0. The van der Waals surface area contributed by atoms with Crippen molar-refractivity contribution in [3.63, 3.8) is 0 Å². The van der Waals surface area contributed by atoms with E-state index in [1.807, 2.05) is 0 Å². The minimum atomic E-state index is -0.858. The van der Waals surface area contributed by atoms with Crippen LogP contribution in [-0.4, -0.2) is 0 Å². The highest BCUT2D eigenvalue weighted by molar-refractivity contribution is 7.80. The smallest absolute Gasteiger partial charge is 0.00129 e. The predicted molar refractivity (Wildman–Crippen MR) is 195 cm³/mol. The molecule has 0 radical (unpaired) electrons. The van der Waals surface area contributed by atoms with Gasteiger partial charge in [-0.05, 0) is 90.6 Å². The van der Waals surface area contributed by atoms with E-state index in [1.165, 1.54) is 82.0 Å². The molecule has 0 saturated carbocycles. The van der Waals surface area contributed by atoms with Gasteiger partial charge in [0, 0.05) is 5.30 Å². The highest BCUT2D eigenvalue weighted by Gasteiger charge is 2.33. The molecule has 0 heterocycles. The summed E-state index contributed by atoms with van der Waals surface area (Å²) in [5.74, 6) is 0. The lowest BCUT2D eigenvalue weighted by Gasteiger charge is -2.27. The van der Waals surface area contributed by atoms with E-state index in [0.717, 1.165) is 0 Å². The van der Waals surface area contributed by atoms with Crippen LogP contribution in [-0.2, 0) is 0 Å². The number of hydrogen-bond acceptors (Lipinski definition) is 0. The second kappa shape index (κ2) is 10.7. The van der Waals surface area contributed by atoms with Gasteiger partial charge in [-0.15, -0.1) is 0 Å². The molecule has 0 aromatic heterocycles. The SMILES string of the molecule is c1ccc(-c2cccc(-c3c4c(c(P(c5ccccc5)c5ccccc5)c5ccccc35)-c3cccc5cccc-4c35)c2)cc1. The summed E-state index contributed by atoms with van der Waals surface area (Å²) >= 11 is 0. The van der Waals surface area contributed by atoms with Crippen molar-refractivity contribution in [3.8, 4) is 44.5 Å². The molecule has 8 aromatic carbocycles. The van der Waals surface area contributed by atoms with E-state index in [4.69, 9.17) is 0 Å². The van der Waals surface area contributed by atoms with E-state index in [-0.39, 0.29) is 0 Å². The number of benzene rings is 8. The second-order valence-electron chi connectivity index (χ2n) is 11.7. The van der Waals surface area contributed by atoms with Crippen molar-refractivity contribution >= 4 is 45.4 Å². The van der Waals surface area contributed by atoms with E-state index in [0.29, 0.717) is 0 Å². The summed E-state index contributed by atoms with van der Waals surface area (Å²) in [6, 6.07) is 65.0. The summed E-state index contributed by atoms with van der Waals surface area (Å²) in [5, 5.41) is 9.48. The van der Waals surface area contributed by atoms with Crippen molar-refractivity contribution in [1.29, 1.82) is 0 Å². The first kappa shape index (κ1) is 26.1. The van der Waals surface area contributed by atoms with Gasteiger partial charge in [0.05, 0.1) is 0 Å². The molecule has 0 fully saturated rings.